The van der Waals surface area contributed by atoms with Crippen LogP contribution in [0.2, 0.25) is 0 Å². The number of nitrogens with zero attached hydrogens (tertiary/aromatic N) is 1. The molecule has 0 fully saturated rings. The van der Waals surface area contributed by atoms with Crippen molar-refractivity contribution in [1.82, 2.24) is 9.88 Å². The Morgan fingerprint density at radius 3 is 2.65 bits per heavy atom. The van der Waals surface area contributed by atoms with Gasteiger partial charge in [0, 0.05) is 30.2 Å². The summed E-state index contributed by atoms with van der Waals surface area (Å²) in [6.45, 7) is 9.96. The van der Waals surface area contributed by atoms with Gasteiger partial charge in [0.05, 0.1) is 0 Å². The van der Waals surface area contributed by atoms with Gasteiger partial charge in [0.25, 0.3) is 0 Å². The third-order valence-electron chi connectivity index (χ3n) is 3.55. The summed E-state index contributed by atoms with van der Waals surface area (Å²) in [7, 11) is 0. The van der Waals surface area contributed by atoms with Gasteiger partial charge in [0.1, 0.15) is 0 Å². The maximum Gasteiger partial charge on any atom is 0.0483 e. The van der Waals surface area contributed by atoms with E-state index in [1.807, 2.05) is 0 Å². The van der Waals surface area contributed by atoms with Crippen LogP contribution in [-0.4, -0.2) is 11.1 Å². The average Bonchev–Trinajstić information content (AvgIpc) is 2.74. The van der Waals surface area contributed by atoms with Crippen molar-refractivity contribution in [2.45, 2.75) is 46.7 Å². The number of halogens is 1. The summed E-state index contributed by atoms with van der Waals surface area (Å²) in [4.78, 5) is 0. The van der Waals surface area contributed by atoms with E-state index >= 15 is 0 Å². The first-order valence-electron chi connectivity index (χ1n) is 7.49. The third kappa shape index (κ3) is 4.26. The van der Waals surface area contributed by atoms with Gasteiger partial charge in [0.15, 0.2) is 0 Å². The van der Waals surface area contributed by atoms with Gasteiger partial charge in [-0.1, -0.05) is 39.0 Å². The van der Waals surface area contributed by atoms with Crippen molar-refractivity contribution in [2.24, 2.45) is 5.92 Å². The Labute approximate surface area is 129 Å². The van der Waals surface area contributed by atoms with Crippen molar-refractivity contribution in [2.75, 3.05) is 6.54 Å². The molecule has 1 heterocycles. The van der Waals surface area contributed by atoms with Crippen molar-refractivity contribution in [3.63, 3.8) is 0 Å². The number of fused-ring (bicyclic) bond motifs is 1. The van der Waals surface area contributed by atoms with Gasteiger partial charge in [-0.05, 0) is 36.9 Å². The fourth-order valence-electron chi connectivity index (χ4n) is 2.50. The van der Waals surface area contributed by atoms with Crippen LogP contribution >= 0.6 is 12.4 Å². The number of aryl methyl sites for hydroxylation is 1. The molecule has 112 valence electrons. The molecule has 1 aromatic heterocycles. The largest absolute Gasteiger partial charge is 0.347 e. The fraction of sp³-hybridized carbons (Fsp3) is 0.529. The highest BCUT2D eigenvalue weighted by molar-refractivity contribution is 5.85. The molecule has 0 amide bonds. The maximum absolute atomic E-state index is 3.57. The molecule has 0 aliphatic carbocycles. The van der Waals surface area contributed by atoms with E-state index in [0.29, 0.717) is 0 Å². The van der Waals surface area contributed by atoms with E-state index in [9.17, 15) is 0 Å². The average molecular weight is 295 g/mol. The molecule has 0 aliphatic rings. The zero-order valence-electron chi connectivity index (χ0n) is 12.9. The molecular formula is C17H27ClN2. The molecule has 0 bridgehead atoms. The first kappa shape index (κ1) is 17.1. The minimum Gasteiger partial charge on any atom is -0.347 e. The number of hydrogen-bond donors (Lipinski definition) is 1. The van der Waals surface area contributed by atoms with Crippen LogP contribution in [0.3, 0.4) is 0 Å². The summed E-state index contributed by atoms with van der Waals surface area (Å²) in [6.07, 6.45) is 4.74. The van der Waals surface area contributed by atoms with E-state index in [2.05, 4.69) is 61.1 Å². The molecule has 1 aromatic carbocycles. The first-order valence-corrected chi connectivity index (χ1v) is 7.49. The Balaban J connectivity index is 0.00000200. The summed E-state index contributed by atoms with van der Waals surface area (Å²) in [5.41, 5.74) is 2.79. The molecule has 0 saturated heterocycles. The zero-order valence-corrected chi connectivity index (χ0v) is 13.7. The predicted octanol–water partition coefficient (Wildman–Crippen LogP) is 4.61. The molecule has 0 saturated carbocycles. The zero-order chi connectivity index (χ0) is 13.7. The minimum atomic E-state index is 0. The maximum atomic E-state index is 3.57. The predicted molar refractivity (Wildman–Crippen MR) is 90.6 cm³/mol. The molecule has 2 rings (SSSR count). The van der Waals surface area contributed by atoms with Crippen molar-refractivity contribution in [1.29, 1.82) is 0 Å². The molecule has 20 heavy (non-hydrogen) atoms. The Morgan fingerprint density at radius 1 is 1.20 bits per heavy atom. The van der Waals surface area contributed by atoms with Gasteiger partial charge in [-0.25, -0.2) is 0 Å². The van der Waals surface area contributed by atoms with Crippen molar-refractivity contribution >= 4 is 23.3 Å². The summed E-state index contributed by atoms with van der Waals surface area (Å²) < 4.78 is 2.38. The van der Waals surface area contributed by atoms with Crippen LogP contribution in [0.5, 0.6) is 0 Å². The number of para-hydroxylation sites is 1. The lowest BCUT2D eigenvalue weighted by Crippen LogP contribution is -2.16. The van der Waals surface area contributed by atoms with Crippen LogP contribution < -0.4 is 5.32 Å². The molecule has 2 aromatic rings. The van der Waals surface area contributed by atoms with E-state index in [4.69, 9.17) is 0 Å². The molecule has 0 unspecified atom stereocenters. The second kappa shape index (κ2) is 8.33. The van der Waals surface area contributed by atoms with Gasteiger partial charge < -0.3 is 9.88 Å². The summed E-state index contributed by atoms with van der Waals surface area (Å²) in [6, 6.07) is 8.73. The Bertz CT molecular complexity index is 517. The van der Waals surface area contributed by atoms with Gasteiger partial charge in [0.2, 0.25) is 0 Å². The van der Waals surface area contributed by atoms with E-state index in [0.717, 1.165) is 25.6 Å². The molecular weight excluding hydrogens is 268 g/mol. The number of nitrogens with one attached hydrogen (secondary N) is 1. The molecule has 0 spiro atoms. The fourth-order valence-corrected chi connectivity index (χ4v) is 2.50. The van der Waals surface area contributed by atoms with Gasteiger partial charge >= 0.3 is 0 Å². The molecule has 0 atom stereocenters. The lowest BCUT2D eigenvalue weighted by Gasteiger charge is -2.06. The van der Waals surface area contributed by atoms with Crippen LogP contribution in [0.4, 0.5) is 0 Å². The molecule has 0 radical (unpaired) electrons. The second-order valence-electron chi connectivity index (χ2n) is 5.72. The Hall–Kier alpha value is -0.990. The number of aromatic nitrogens is 1. The summed E-state index contributed by atoms with van der Waals surface area (Å²) in [5, 5.41) is 4.96. The van der Waals surface area contributed by atoms with Crippen LogP contribution in [0.1, 0.15) is 39.2 Å². The summed E-state index contributed by atoms with van der Waals surface area (Å²) in [5.74, 6) is 0.772. The van der Waals surface area contributed by atoms with Crippen molar-refractivity contribution < 1.29 is 0 Å². The Kier molecular flexibility index (Phi) is 7.11. The van der Waals surface area contributed by atoms with Crippen molar-refractivity contribution in [3.05, 3.63) is 36.0 Å². The van der Waals surface area contributed by atoms with E-state index in [1.54, 1.807) is 0 Å². The van der Waals surface area contributed by atoms with Crippen molar-refractivity contribution in [3.8, 4) is 0 Å². The highest BCUT2D eigenvalue weighted by atomic mass is 35.5. The minimum absolute atomic E-state index is 0. The van der Waals surface area contributed by atoms with Gasteiger partial charge in [-0.2, -0.15) is 0 Å². The number of hydrogen-bond acceptors (Lipinski definition) is 1. The lowest BCUT2D eigenvalue weighted by atomic mass is 10.1. The monoisotopic (exact) mass is 294 g/mol. The lowest BCUT2D eigenvalue weighted by molar-refractivity contribution is 0.537. The highest BCUT2D eigenvalue weighted by Crippen LogP contribution is 2.21. The molecule has 3 heteroatoms. The van der Waals surface area contributed by atoms with E-state index in [1.165, 1.54) is 29.3 Å². The normalized spacial score (nSPS) is 11.0. The van der Waals surface area contributed by atoms with E-state index < -0.39 is 0 Å². The second-order valence-corrected chi connectivity index (χ2v) is 5.72. The van der Waals surface area contributed by atoms with E-state index in [-0.39, 0.29) is 12.4 Å². The Morgan fingerprint density at radius 2 is 1.95 bits per heavy atom. The van der Waals surface area contributed by atoms with Crippen LogP contribution in [0.15, 0.2) is 30.5 Å². The topological polar surface area (TPSA) is 17.0 Å². The van der Waals surface area contributed by atoms with Gasteiger partial charge in [-0.15, -0.1) is 12.4 Å². The first-order chi connectivity index (χ1) is 9.22. The quantitative estimate of drug-likeness (QED) is 0.738. The van der Waals surface area contributed by atoms with Gasteiger partial charge in [-0.3, -0.25) is 0 Å². The molecule has 2 nitrogen and oxygen atoms in total. The van der Waals surface area contributed by atoms with Crippen LogP contribution in [-0.2, 0) is 13.1 Å². The molecule has 0 aliphatic heterocycles. The standard InChI is InChI=1S/C17H26N2.ClH/c1-4-11-19-13-15(12-18-10-9-14(2)3)16-7-5-6-8-17(16)19;/h5-8,13-14,18H,4,9-12H2,1-3H3;1H. The smallest absolute Gasteiger partial charge is 0.0483 e. The number of rotatable bonds is 7. The van der Waals surface area contributed by atoms with Crippen LogP contribution in [0, 0.1) is 5.92 Å². The SMILES string of the molecule is CCCn1cc(CNCCC(C)C)c2ccccc21.Cl. The highest BCUT2D eigenvalue weighted by Gasteiger charge is 2.06. The molecule has 1 N–H and O–H groups in total. The summed E-state index contributed by atoms with van der Waals surface area (Å²) >= 11 is 0. The third-order valence-corrected chi connectivity index (χ3v) is 3.55. The van der Waals surface area contributed by atoms with Crippen LogP contribution in [0.25, 0.3) is 10.9 Å². The number of benzene rings is 1.